The maximum absolute atomic E-state index is 12.1. The van der Waals surface area contributed by atoms with Gasteiger partial charge in [0.1, 0.15) is 0 Å². The number of unbranched alkanes of at least 4 members (excludes halogenated alkanes) is 24. The van der Waals surface area contributed by atoms with Gasteiger partial charge in [-0.3, -0.25) is 9.59 Å². The van der Waals surface area contributed by atoms with Crippen LogP contribution in [0.4, 0.5) is 0 Å². The fourth-order valence-electron chi connectivity index (χ4n) is 5.85. The summed E-state index contributed by atoms with van der Waals surface area (Å²) in [6, 6.07) is 0. The Morgan fingerprint density at radius 2 is 0.553 bits per heavy atom. The smallest absolute Gasteiger partial charge is 0.221 e. The van der Waals surface area contributed by atoms with Gasteiger partial charge < -0.3 is 11.5 Å². The van der Waals surface area contributed by atoms with E-state index in [1.165, 1.54) is 141 Å². The largest absolute Gasteiger partial charge is 0.369 e. The van der Waals surface area contributed by atoms with Gasteiger partial charge in [-0.05, 0) is 12.8 Å². The maximum atomic E-state index is 12.1. The topological polar surface area (TPSA) is 86.2 Å². The Kier molecular flexibility index (Phi) is 28.1. The van der Waals surface area contributed by atoms with Crippen molar-refractivity contribution in [3.05, 3.63) is 0 Å². The summed E-state index contributed by atoms with van der Waals surface area (Å²) >= 11 is 0. The Labute approximate surface area is 238 Å². The summed E-state index contributed by atoms with van der Waals surface area (Å²) < 4.78 is 0. The van der Waals surface area contributed by atoms with Crippen LogP contribution in [0.3, 0.4) is 0 Å². The van der Waals surface area contributed by atoms with Crippen LogP contribution in [0.2, 0.25) is 0 Å². The second-order valence-electron chi connectivity index (χ2n) is 12.1. The summed E-state index contributed by atoms with van der Waals surface area (Å²) in [5.41, 5.74) is 11.4. The standard InChI is InChI=1S/C34H68N2O2/c1-3-5-7-9-11-13-15-17-18-20-22-24-26-28-30-32(34(36)38)31(33(35)37)29-27-25-23-21-19-16-14-12-10-8-6-4-2/h31-32H,3-30H2,1-2H3,(H2,35,37)(H2,36,38). The molecule has 0 heterocycles. The van der Waals surface area contributed by atoms with Crippen LogP contribution in [0.1, 0.15) is 194 Å². The lowest BCUT2D eigenvalue weighted by Gasteiger charge is -2.22. The molecule has 4 heteroatoms. The van der Waals surface area contributed by atoms with Crippen LogP contribution in [0.15, 0.2) is 0 Å². The normalized spacial score (nSPS) is 13.0. The Hall–Kier alpha value is -1.06. The first-order valence-corrected chi connectivity index (χ1v) is 17.1. The number of carbonyl (C=O) groups excluding carboxylic acids is 2. The summed E-state index contributed by atoms with van der Waals surface area (Å²) in [6.07, 6.45) is 35.2. The van der Waals surface area contributed by atoms with Crippen LogP contribution in [0.5, 0.6) is 0 Å². The van der Waals surface area contributed by atoms with Crippen molar-refractivity contribution >= 4 is 11.8 Å². The van der Waals surface area contributed by atoms with E-state index in [2.05, 4.69) is 13.8 Å². The molecule has 2 amide bonds. The number of amides is 2. The molecule has 0 radical (unpaired) electrons. The van der Waals surface area contributed by atoms with E-state index in [4.69, 9.17) is 11.5 Å². The number of carbonyl (C=O) groups is 2. The average Bonchev–Trinajstić information content (AvgIpc) is 2.89. The number of hydrogen-bond acceptors (Lipinski definition) is 2. The molecule has 0 aromatic carbocycles. The van der Waals surface area contributed by atoms with Gasteiger partial charge in [0.25, 0.3) is 0 Å². The molecule has 0 aromatic heterocycles. The van der Waals surface area contributed by atoms with Crippen molar-refractivity contribution < 1.29 is 9.59 Å². The zero-order chi connectivity index (χ0) is 28.1. The lowest BCUT2D eigenvalue weighted by molar-refractivity contribution is -0.132. The highest BCUT2D eigenvalue weighted by Gasteiger charge is 2.29. The third-order valence-corrected chi connectivity index (χ3v) is 8.45. The lowest BCUT2D eigenvalue weighted by Crippen LogP contribution is -2.37. The van der Waals surface area contributed by atoms with E-state index in [1.807, 2.05) is 0 Å². The highest BCUT2D eigenvalue weighted by Crippen LogP contribution is 2.25. The Morgan fingerprint density at radius 3 is 0.737 bits per heavy atom. The second-order valence-corrected chi connectivity index (χ2v) is 12.1. The van der Waals surface area contributed by atoms with E-state index in [1.54, 1.807) is 0 Å². The van der Waals surface area contributed by atoms with E-state index in [-0.39, 0.29) is 11.8 Å². The van der Waals surface area contributed by atoms with Crippen molar-refractivity contribution in [3.8, 4) is 0 Å². The van der Waals surface area contributed by atoms with E-state index < -0.39 is 11.8 Å². The summed E-state index contributed by atoms with van der Waals surface area (Å²) in [6.45, 7) is 4.54. The molecule has 0 saturated heterocycles. The van der Waals surface area contributed by atoms with E-state index in [0.29, 0.717) is 12.8 Å². The molecule has 0 bridgehead atoms. The van der Waals surface area contributed by atoms with Gasteiger partial charge in [0, 0.05) is 11.8 Å². The van der Waals surface area contributed by atoms with Gasteiger partial charge in [-0.1, -0.05) is 181 Å². The fraction of sp³-hybridized carbons (Fsp3) is 0.941. The third-order valence-electron chi connectivity index (χ3n) is 8.45. The molecule has 0 fully saturated rings. The van der Waals surface area contributed by atoms with Gasteiger partial charge in [0.2, 0.25) is 11.8 Å². The first kappa shape index (κ1) is 36.9. The molecule has 226 valence electrons. The van der Waals surface area contributed by atoms with Gasteiger partial charge in [-0.2, -0.15) is 0 Å². The molecule has 0 aliphatic heterocycles. The Bertz CT molecular complexity index is 523. The van der Waals surface area contributed by atoms with Crippen molar-refractivity contribution in [2.75, 3.05) is 0 Å². The molecule has 0 spiro atoms. The van der Waals surface area contributed by atoms with Crippen LogP contribution >= 0.6 is 0 Å². The minimum absolute atomic E-state index is 0.345. The summed E-state index contributed by atoms with van der Waals surface area (Å²) in [5, 5.41) is 0. The molecule has 38 heavy (non-hydrogen) atoms. The molecular formula is C34H68N2O2. The number of nitrogens with two attached hydrogens (primary N) is 2. The summed E-state index contributed by atoms with van der Waals surface area (Å²) in [5.74, 6) is -1.47. The van der Waals surface area contributed by atoms with E-state index in [0.717, 1.165) is 25.7 Å². The average molecular weight is 537 g/mol. The zero-order valence-corrected chi connectivity index (χ0v) is 25.9. The van der Waals surface area contributed by atoms with Crippen LogP contribution < -0.4 is 11.5 Å². The van der Waals surface area contributed by atoms with Gasteiger partial charge in [0.05, 0.1) is 0 Å². The predicted octanol–water partition coefficient (Wildman–Crippen LogP) is 10.2. The highest BCUT2D eigenvalue weighted by atomic mass is 16.2. The fourth-order valence-corrected chi connectivity index (χ4v) is 5.85. The van der Waals surface area contributed by atoms with Gasteiger partial charge >= 0.3 is 0 Å². The number of hydrogen-bond donors (Lipinski definition) is 2. The molecule has 4 N–H and O–H groups in total. The number of rotatable bonds is 31. The third kappa shape index (κ3) is 24.0. The first-order valence-electron chi connectivity index (χ1n) is 17.1. The molecule has 2 atom stereocenters. The van der Waals surface area contributed by atoms with Crippen molar-refractivity contribution in [3.63, 3.8) is 0 Å². The first-order chi connectivity index (χ1) is 18.5. The van der Waals surface area contributed by atoms with E-state index in [9.17, 15) is 9.59 Å². The van der Waals surface area contributed by atoms with Crippen LogP contribution in [-0.4, -0.2) is 11.8 Å². The van der Waals surface area contributed by atoms with Gasteiger partial charge in [-0.25, -0.2) is 0 Å². The van der Waals surface area contributed by atoms with Crippen LogP contribution in [0, 0.1) is 11.8 Å². The molecule has 4 nitrogen and oxygen atoms in total. The SMILES string of the molecule is CCCCCCCCCCCCCCCCC(C(N)=O)C(CCCCCCCCCCCCCC)C(N)=O. The molecule has 0 saturated carbocycles. The monoisotopic (exact) mass is 537 g/mol. The number of primary amides is 2. The lowest BCUT2D eigenvalue weighted by atomic mass is 9.83. The van der Waals surface area contributed by atoms with Crippen molar-refractivity contribution in [2.24, 2.45) is 23.3 Å². The van der Waals surface area contributed by atoms with E-state index >= 15 is 0 Å². The minimum atomic E-state index is -0.391. The summed E-state index contributed by atoms with van der Waals surface area (Å²) in [7, 11) is 0. The predicted molar refractivity (Wildman–Crippen MR) is 166 cm³/mol. The van der Waals surface area contributed by atoms with Crippen molar-refractivity contribution in [1.29, 1.82) is 0 Å². The molecule has 0 aromatic rings. The second kappa shape index (κ2) is 28.9. The van der Waals surface area contributed by atoms with Gasteiger partial charge in [-0.15, -0.1) is 0 Å². The molecule has 0 aliphatic rings. The Morgan fingerprint density at radius 1 is 0.368 bits per heavy atom. The molecule has 2 unspecified atom stereocenters. The van der Waals surface area contributed by atoms with Gasteiger partial charge in [0.15, 0.2) is 0 Å². The summed E-state index contributed by atoms with van der Waals surface area (Å²) in [4.78, 5) is 24.3. The van der Waals surface area contributed by atoms with Crippen LogP contribution in [-0.2, 0) is 9.59 Å². The van der Waals surface area contributed by atoms with Crippen LogP contribution in [0.25, 0.3) is 0 Å². The molecule has 0 rings (SSSR count). The highest BCUT2D eigenvalue weighted by molar-refractivity contribution is 5.85. The Balaban J connectivity index is 3.84. The quantitative estimate of drug-likeness (QED) is 0.0863. The molecular weight excluding hydrogens is 468 g/mol. The molecule has 0 aliphatic carbocycles. The van der Waals surface area contributed by atoms with Crippen molar-refractivity contribution in [1.82, 2.24) is 0 Å². The minimum Gasteiger partial charge on any atom is -0.369 e. The zero-order valence-electron chi connectivity index (χ0n) is 25.9. The van der Waals surface area contributed by atoms with Crippen molar-refractivity contribution in [2.45, 2.75) is 194 Å². The maximum Gasteiger partial charge on any atom is 0.221 e.